The van der Waals surface area contributed by atoms with Crippen LogP contribution in [0.5, 0.6) is 0 Å². The van der Waals surface area contributed by atoms with Gasteiger partial charge in [-0.05, 0) is 26.2 Å². The molecule has 1 aliphatic carbocycles. The molecule has 1 heterocycles. The van der Waals surface area contributed by atoms with Crippen molar-refractivity contribution in [2.45, 2.75) is 32.2 Å². The highest BCUT2D eigenvalue weighted by Gasteiger charge is 2.23. The number of hydrogen-bond donors (Lipinski definition) is 2. The maximum absolute atomic E-state index is 11.8. The Bertz CT molecular complexity index is 558. The number of fused-ring (bicyclic) bond motifs is 1. The van der Waals surface area contributed by atoms with Crippen LogP contribution in [-0.4, -0.2) is 15.5 Å². The standard InChI is InChI=1S/C10H13N3O2S/c1-5(8(11)14)13-7-4-2-3-6(7)9(16)12-10(13)15/h5H,2-4H2,1H3,(H2,11,14)(H,12,15,16). The van der Waals surface area contributed by atoms with E-state index in [2.05, 4.69) is 4.98 Å². The zero-order chi connectivity index (χ0) is 11.9. The minimum absolute atomic E-state index is 0.350. The molecule has 5 nitrogen and oxygen atoms in total. The van der Waals surface area contributed by atoms with Gasteiger partial charge >= 0.3 is 5.69 Å². The summed E-state index contributed by atoms with van der Waals surface area (Å²) in [5, 5.41) is 0. The minimum atomic E-state index is -0.633. The molecule has 1 aliphatic rings. The highest BCUT2D eigenvalue weighted by atomic mass is 32.1. The van der Waals surface area contributed by atoms with E-state index >= 15 is 0 Å². The van der Waals surface area contributed by atoms with Crippen molar-refractivity contribution >= 4 is 18.1 Å². The van der Waals surface area contributed by atoms with Crippen molar-refractivity contribution in [3.63, 3.8) is 0 Å². The van der Waals surface area contributed by atoms with E-state index < -0.39 is 11.9 Å². The summed E-state index contributed by atoms with van der Waals surface area (Å²) in [5.74, 6) is -0.512. The lowest BCUT2D eigenvalue weighted by atomic mass is 10.2. The number of nitrogens with one attached hydrogen (secondary N) is 1. The van der Waals surface area contributed by atoms with Crippen LogP contribution < -0.4 is 11.4 Å². The van der Waals surface area contributed by atoms with Crippen molar-refractivity contribution < 1.29 is 4.79 Å². The third-order valence-electron chi connectivity index (χ3n) is 2.99. The van der Waals surface area contributed by atoms with Crippen molar-refractivity contribution in [1.82, 2.24) is 9.55 Å². The molecule has 1 atom stereocenters. The third kappa shape index (κ3) is 1.59. The molecular formula is C10H13N3O2S. The molecule has 0 fully saturated rings. The molecule has 1 aromatic rings. The van der Waals surface area contributed by atoms with E-state index in [4.69, 9.17) is 18.0 Å². The fraction of sp³-hybridized carbons (Fsp3) is 0.500. The fourth-order valence-electron chi connectivity index (χ4n) is 2.13. The third-order valence-corrected chi connectivity index (χ3v) is 3.34. The van der Waals surface area contributed by atoms with Crippen LogP contribution in [0, 0.1) is 4.64 Å². The molecule has 6 heteroatoms. The SMILES string of the molecule is CC(C(N)=O)n1c2c(c(=S)[nH]c1=O)CCC2. The fourth-order valence-corrected chi connectivity index (χ4v) is 2.44. The van der Waals surface area contributed by atoms with E-state index in [0.29, 0.717) is 4.64 Å². The molecule has 0 aliphatic heterocycles. The smallest absolute Gasteiger partial charge is 0.327 e. The second-order valence-electron chi connectivity index (χ2n) is 3.99. The summed E-state index contributed by atoms with van der Waals surface area (Å²) in [6.07, 6.45) is 2.60. The van der Waals surface area contributed by atoms with Crippen LogP contribution in [0.25, 0.3) is 0 Å². The maximum atomic E-state index is 11.8. The van der Waals surface area contributed by atoms with E-state index in [1.165, 1.54) is 4.57 Å². The lowest BCUT2D eigenvalue weighted by Gasteiger charge is -2.16. The van der Waals surface area contributed by atoms with Gasteiger partial charge in [0.2, 0.25) is 5.91 Å². The number of rotatable bonds is 2. The molecular weight excluding hydrogens is 226 g/mol. The topological polar surface area (TPSA) is 80.9 Å². The first-order chi connectivity index (χ1) is 7.52. The van der Waals surface area contributed by atoms with Crippen LogP contribution in [0.2, 0.25) is 0 Å². The van der Waals surface area contributed by atoms with Crippen molar-refractivity contribution in [3.8, 4) is 0 Å². The predicted octanol–water partition coefficient (Wildman–Crippen LogP) is 0.441. The lowest BCUT2D eigenvalue weighted by Crippen LogP contribution is -2.35. The summed E-state index contributed by atoms with van der Waals surface area (Å²) in [6.45, 7) is 1.62. The lowest BCUT2D eigenvalue weighted by molar-refractivity contribution is -0.120. The number of nitrogens with zero attached hydrogens (tertiary/aromatic N) is 1. The Morgan fingerprint density at radius 3 is 2.88 bits per heavy atom. The summed E-state index contributed by atoms with van der Waals surface area (Å²) in [7, 11) is 0. The van der Waals surface area contributed by atoms with Gasteiger partial charge in [-0.15, -0.1) is 0 Å². The average Bonchev–Trinajstić information content (AvgIpc) is 2.66. The molecule has 1 unspecified atom stereocenters. The molecule has 2 rings (SSSR count). The number of nitrogens with two attached hydrogens (primary N) is 1. The predicted molar refractivity (Wildman–Crippen MR) is 61.8 cm³/mol. The molecule has 1 aromatic heterocycles. The Labute approximate surface area is 97.3 Å². The zero-order valence-electron chi connectivity index (χ0n) is 8.95. The quantitative estimate of drug-likeness (QED) is 0.735. The zero-order valence-corrected chi connectivity index (χ0v) is 9.76. The summed E-state index contributed by atoms with van der Waals surface area (Å²) in [5.41, 5.74) is 6.72. The first-order valence-corrected chi connectivity index (χ1v) is 5.59. The van der Waals surface area contributed by atoms with Gasteiger partial charge in [-0.3, -0.25) is 14.3 Å². The Hall–Kier alpha value is -1.43. The second kappa shape index (κ2) is 3.86. The maximum Gasteiger partial charge on any atom is 0.327 e. The average molecular weight is 239 g/mol. The van der Waals surface area contributed by atoms with Crippen molar-refractivity contribution in [2.24, 2.45) is 5.73 Å². The number of aromatic amines is 1. The van der Waals surface area contributed by atoms with Crippen molar-refractivity contribution in [2.75, 3.05) is 0 Å². The van der Waals surface area contributed by atoms with Crippen LogP contribution in [0.3, 0.4) is 0 Å². The van der Waals surface area contributed by atoms with E-state index in [1.54, 1.807) is 6.92 Å². The van der Waals surface area contributed by atoms with E-state index in [1.807, 2.05) is 0 Å². The van der Waals surface area contributed by atoms with Gasteiger partial charge in [0.05, 0.1) is 0 Å². The Morgan fingerprint density at radius 1 is 1.56 bits per heavy atom. The van der Waals surface area contributed by atoms with Gasteiger partial charge in [0.25, 0.3) is 0 Å². The van der Waals surface area contributed by atoms with Crippen LogP contribution in [0.1, 0.15) is 30.6 Å². The Kier molecular flexibility index (Phi) is 2.67. The molecule has 0 saturated carbocycles. The normalized spacial score (nSPS) is 15.8. The highest BCUT2D eigenvalue weighted by molar-refractivity contribution is 7.71. The second-order valence-corrected chi connectivity index (χ2v) is 4.39. The van der Waals surface area contributed by atoms with Crippen LogP contribution in [0.15, 0.2) is 4.79 Å². The molecule has 0 bridgehead atoms. The number of amides is 1. The molecule has 0 saturated heterocycles. The molecule has 3 N–H and O–H groups in total. The number of carbonyl (C=O) groups is 1. The van der Waals surface area contributed by atoms with Crippen molar-refractivity contribution in [3.05, 3.63) is 26.4 Å². The van der Waals surface area contributed by atoms with Crippen LogP contribution in [-0.2, 0) is 17.6 Å². The van der Waals surface area contributed by atoms with Gasteiger partial charge in [0.15, 0.2) is 0 Å². The summed E-state index contributed by atoms with van der Waals surface area (Å²) >= 11 is 5.09. The van der Waals surface area contributed by atoms with Crippen LogP contribution >= 0.6 is 12.2 Å². The van der Waals surface area contributed by atoms with E-state index in [9.17, 15) is 9.59 Å². The largest absolute Gasteiger partial charge is 0.368 e. The molecule has 86 valence electrons. The summed E-state index contributed by atoms with van der Waals surface area (Å²) in [4.78, 5) is 25.5. The van der Waals surface area contributed by atoms with Gasteiger partial charge in [0, 0.05) is 11.3 Å². The number of H-pyrrole nitrogens is 1. The van der Waals surface area contributed by atoms with Crippen LogP contribution in [0.4, 0.5) is 0 Å². The highest BCUT2D eigenvalue weighted by Crippen LogP contribution is 2.22. The van der Waals surface area contributed by atoms with E-state index in [0.717, 1.165) is 30.5 Å². The first-order valence-electron chi connectivity index (χ1n) is 5.18. The van der Waals surface area contributed by atoms with Gasteiger partial charge in [-0.1, -0.05) is 12.2 Å². The number of aromatic nitrogens is 2. The van der Waals surface area contributed by atoms with Gasteiger partial charge < -0.3 is 5.73 Å². The van der Waals surface area contributed by atoms with Crippen molar-refractivity contribution in [1.29, 1.82) is 0 Å². The summed E-state index contributed by atoms with van der Waals surface area (Å²) < 4.78 is 1.92. The van der Waals surface area contributed by atoms with Gasteiger partial charge in [-0.2, -0.15) is 0 Å². The molecule has 0 aromatic carbocycles. The number of hydrogen-bond acceptors (Lipinski definition) is 3. The molecule has 0 radical (unpaired) electrons. The number of carbonyl (C=O) groups excluding carboxylic acids is 1. The minimum Gasteiger partial charge on any atom is -0.368 e. The Morgan fingerprint density at radius 2 is 2.25 bits per heavy atom. The molecule has 0 spiro atoms. The Balaban J connectivity index is 2.71. The van der Waals surface area contributed by atoms with Gasteiger partial charge in [0.1, 0.15) is 10.7 Å². The molecule has 16 heavy (non-hydrogen) atoms. The van der Waals surface area contributed by atoms with E-state index in [-0.39, 0.29) is 5.69 Å². The van der Waals surface area contributed by atoms with Gasteiger partial charge in [-0.25, -0.2) is 4.79 Å². The number of primary amides is 1. The molecule has 1 amide bonds. The monoisotopic (exact) mass is 239 g/mol. The first kappa shape index (κ1) is 11.1. The summed E-state index contributed by atoms with van der Waals surface area (Å²) in [6, 6.07) is -0.633.